The molecule has 1 rings (SSSR count). The van der Waals surface area contributed by atoms with Gasteiger partial charge in [0.1, 0.15) is 9.84 Å². The third-order valence-corrected chi connectivity index (χ3v) is 4.72. The van der Waals surface area contributed by atoms with E-state index < -0.39 is 21.8 Å². The summed E-state index contributed by atoms with van der Waals surface area (Å²) in [5, 5.41) is 3.06. The highest BCUT2D eigenvalue weighted by Gasteiger charge is 2.17. The zero-order valence-corrected chi connectivity index (χ0v) is 13.3. The number of anilines is 1. The van der Waals surface area contributed by atoms with Crippen LogP contribution < -0.4 is 11.1 Å². The Hall–Kier alpha value is -0.630. The fraction of sp³-hybridized carbons (Fsp3) is 0.364. The van der Waals surface area contributed by atoms with Gasteiger partial charge in [-0.15, -0.1) is 0 Å². The average molecular weight is 370 g/mol. The number of benzene rings is 1. The van der Waals surface area contributed by atoms with E-state index in [9.17, 15) is 13.2 Å². The quantitative estimate of drug-likeness (QED) is 0.828. The lowest BCUT2D eigenvalue weighted by atomic mass is 10.2. The number of carbonyl (C=O) groups excluding carboxylic acids is 1. The number of amides is 1. The van der Waals surface area contributed by atoms with Gasteiger partial charge in [-0.3, -0.25) is 4.79 Å². The smallest absolute Gasteiger partial charge is 0.241 e. The molecule has 0 bridgehead atoms. The number of hydrogen-bond acceptors (Lipinski definition) is 4. The average Bonchev–Trinajstić information content (AvgIpc) is 2.31. The van der Waals surface area contributed by atoms with Crippen molar-refractivity contribution in [1.82, 2.24) is 0 Å². The van der Waals surface area contributed by atoms with Crippen LogP contribution in [0.3, 0.4) is 0 Å². The fourth-order valence-electron chi connectivity index (χ4n) is 1.30. The lowest BCUT2D eigenvalue weighted by molar-refractivity contribution is -0.117. The van der Waals surface area contributed by atoms with E-state index in [4.69, 9.17) is 17.3 Å². The standard InChI is InChI=1S/C11H14BrClN2O3S/c1-19(17,18)6-5-8(14)11(16)15-9-4-2-3-7(13)10(9)12/h2-4,8H,5-6,14H2,1H3,(H,15,16). The van der Waals surface area contributed by atoms with Crippen molar-refractivity contribution in [2.75, 3.05) is 17.3 Å². The minimum atomic E-state index is -3.13. The van der Waals surface area contributed by atoms with Crippen molar-refractivity contribution in [3.63, 3.8) is 0 Å². The van der Waals surface area contributed by atoms with Gasteiger partial charge < -0.3 is 11.1 Å². The summed E-state index contributed by atoms with van der Waals surface area (Å²) in [5.41, 5.74) is 6.13. The number of sulfone groups is 1. The third kappa shape index (κ3) is 5.48. The molecule has 0 aliphatic heterocycles. The number of rotatable bonds is 5. The molecule has 19 heavy (non-hydrogen) atoms. The number of nitrogens with two attached hydrogens (primary N) is 1. The van der Waals surface area contributed by atoms with E-state index in [0.29, 0.717) is 15.2 Å². The maximum absolute atomic E-state index is 11.8. The molecule has 3 N–H and O–H groups in total. The van der Waals surface area contributed by atoms with Crippen molar-refractivity contribution < 1.29 is 13.2 Å². The van der Waals surface area contributed by atoms with Crippen molar-refractivity contribution in [2.24, 2.45) is 5.73 Å². The zero-order valence-electron chi connectivity index (χ0n) is 10.2. The third-order valence-electron chi connectivity index (χ3n) is 2.35. The summed E-state index contributed by atoms with van der Waals surface area (Å²) in [4.78, 5) is 11.8. The molecule has 1 aromatic carbocycles. The lowest BCUT2D eigenvalue weighted by Gasteiger charge is -2.13. The van der Waals surface area contributed by atoms with E-state index >= 15 is 0 Å². The van der Waals surface area contributed by atoms with E-state index in [1.807, 2.05) is 0 Å². The van der Waals surface area contributed by atoms with E-state index in [0.717, 1.165) is 6.26 Å². The first-order valence-corrected chi connectivity index (χ1v) is 8.62. The van der Waals surface area contributed by atoms with Crippen LogP contribution >= 0.6 is 27.5 Å². The Bertz CT molecular complexity index is 577. The van der Waals surface area contributed by atoms with Gasteiger partial charge in [-0.1, -0.05) is 17.7 Å². The van der Waals surface area contributed by atoms with Crippen LogP contribution in [-0.4, -0.2) is 32.4 Å². The van der Waals surface area contributed by atoms with Crippen LogP contribution in [0.4, 0.5) is 5.69 Å². The molecule has 0 spiro atoms. The molecule has 0 aliphatic rings. The Kier molecular flexibility index (Phi) is 5.79. The van der Waals surface area contributed by atoms with Gasteiger partial charge in [0, 0.05) is 6.26 Å². The maximum atomic E-state index is 11.8. The SMILES string of the molecule is CS(=O)(=O)CCC(N)C(=O)Nc1cccc(Cl)c1Br. The van der Waals surface area contributed by atoms with Crippen molar-refractivity contribution >= 4 is 49.0 Å². The molecule has 8 heteroatoms. The number of hydrogen-bond donors (Lipinski definition) is 2. The molecule has 0 aliphatic carbocycles. The Morgan fingerprint density at radius 2 is 2.16 bits per heavy atom. The van der Waals surface area contributed by atoms with E-state index in [-0.39, 0.29) is 12.2 Å². The predicted molar refractivity (Wildman–Crippen MR) is 80.1 cm³/mol. The molecule has 1 atom stereocenters. The van der Waals surface area contributed by atoms with Crippen LogP contribution in [0.15, 0.2) is 22.7 Å². The topological polar surface area (TPSA) is 89.3 Å². The Balaban J connectivity index is 2.67. The van der Waals surface area contributed by atoms with Crippen molar-refractivity contribution in [1.29, 1.82) is 0 Å². The van der Waals surface area contributed by atoms with Gasteiger partial charge in [0.05, 0.1) is 27.0 Å². The summed E-state index contributed by atoms with van der Waals surface area (Å²) in [6.45, 7) is 0. The van der Waals surface area contributed by atoms with Gasteiger partial charge in [-0.25, -0.2) is 8.42 Å². The Morgan fingerprint density at radius 3 is 2.74 bits per heavy atom. The van der Waals surface area contributed by atoms with E-state index in [1.54, 1.807) is 18.2 Å². The second kappa shape index (κ2) is 6.69. The molecule has 0 radical (unpaired) electrons. The molecule has 1 amide bonds. The molecule has 0 aromatic heterocycles. The summed E-state index contributed by atoms with van der Waals surface area (Å²) < 4.78 is 22.6. The highest BCUT2D eigenvalue weighted by molar-refractivity contribution is 9.10. The highest BCUT2D eigenvalue weighted by Crippen LogP contribution is 2.30. The summed E-state index contributed by atoms with van der Waals surface area (Å²) in [7, 11) is -3.13. The van der Waals surface area contributed by atoms with Gasteiger partial charge >= 0.3 is 0 Å². The Labute approximate surface area is 125 Å². The van der Waals surface area contributed by atoms with E-state index in [2.05, 4.69) is 21.2 Å². The summed E-state index contributed by atoms with van der Waals surface area (Å²) in [6.07, 6.45) is 1.17. The van der Waals surface area contributed by atoms with Crippen molar-refractivity contribution in [3.8, 4) is 0 Å². The number of halogens is 2. The van der Waals surface area contributed by atoms with Crippen LogP contribution in [0.25, 0.3) is 0 Å². The predicted octanol–water partition coefficient (Wildman–Crippen LogP) is 1.80. The van der Waals surface area contributed by atoms with Crippen molar-refractivity contribution in [3.05, 3.63) is 27.7 Å². The van der Waals surface area contributed by atoms with Crippen LogP contribution in [0.2, 0.25) is 5.02 Å². The van der Waals surface area contributed by atoms with Crippen LogP contribution in [-0.2, 0) is 14.6 Å². The lowest BCUT2D eigenvalue weighted by Crippen LogP contribution is -2.37. The molecule has 0 saturated carbocycles. The normalized spacial score (nSPS) is 13.1. The molecular formula is C11H14BrClN2O3S. The molecule has 1 aromatic rings. The second-order valence-electron chi connectivity index (χ2n) is 4.12. The number of nitrogens with one attached hydrogen (secondary N) is 1. The fourth-order valence-corrected chi connectivity index (χ4v) is 2.52. The van der Waals surface area contributed by atoms with Crippen LogP contribution in [0, 0.1) is 0 Å². The van der Waals surface area contributed by atoms with Gasteiger partial charge in [-0.05, 0) is 34.5 Å². The largest absolute Gasteiger partial charge is 0.324 e. The molecule has 0 heterocycles. The van der Waals surface area contributed by atoms with Crippen LogP contribution in [0.1, 0.15) is 6.42 Å². The molecular weight excluding hydrogens is 356 g/mol. The first kappa shape index (κ1) is 16.4. The molecule has 0 fully saturated rings. The van der Waals surface area contributed by atoms with Gasteiger partial charge in [0.2, 0.25) is 5.91 Å². The van der Waals surface area contributed by atoms with E-state index in [1.165, 1.54) is 0 Å². The minimum Gasteiger partial charge on any atom is -0.324 e. The molecule has 0 saturated heterocycles. The van der Waals surface area contributed by atoms with Crippen LogP contribution in [0.5, 0.6) is 0 Å². The Morgan fingerprint density at radius 1 is 1.53 bits per heavy atom. The zero-order chi connectivity index (χ0) is 14.6. The summed E-state index contributed by atoms with van der Waals surface area (Å²) >= 11 is 9.13. The first-order chi connectivity index (χ1) is 8.70. The molecule has 5 nitrogen and oxygen atoms in total. The second-order valence-corrected chi connectivity index (χ2v) is 7.58. The van der Waals surface area contributed by atoms with Gasteiger partial charge in [0.15, 0.2) is 0 Å². The number of carbonyl (C=O) groups is 1. The van der Waals surface area contributed by atoms with Gasteiger partial charge in [0.25, 0.3) is 0 Å². The minimum absolute atomic E-state index is 0.0723. The van der Waals surface area contributed by atoms with Crippen molar-refractivity contribution in [2.45, 2.75) is 12.5 Å². The monoisotopic (exact) mass is 368 g/mol. The first-order valence-electron chi connectivity index (χ1n) is 5.39. The molecule has 106 valence electrons. The summed E-state index contributed by atoms with van der Waals surface area (Å²) in [5.74, 6) is -0.579. The summed E-state index contributed by atoms with van der Waals surface area (Å²) in [6, 6.07) is 4.13. The molecule has 1 unspecified atom stereocenters. The highest BCUT2D eigenvalue weighted by atomic mass is 79.9. The maximum Gasteiger partial charge on any atom is 0.241 e. The van der Waals surface area contributed by atoms with Gasteiger partial charge in [-0.2, -0.15) is 0 Å².